The first kappa shape index (κ1) is 19.9. The third-order valence-electron chi connectivity index (χ3n) is 5.92. The molecular formula is C23H26F4. The highest BCUT2D eigenvalue weighted by Gasteiger charge is 2.34. The molecule has 1 fully saturated rings. The van der Waals surface area contributed by atoms with Crippen LogP contribution in [-0.4, -0.2) is 12.3 Å². The van der Waals surface area contributed by atoms with E-state index in [2.05, 4.69) is 0 Å². The van der Waals surface area contributed by atoms with Crippen molar-refractivity contribution in [2.75, 3.05) is 0 Å². The number of benzene rings is 1. The maximum atomic E-state index is 14.5. The minimum absolute atomic E-state index is 0.0612. The van der Waals surface area contributed by atoms with E-state index in [4.69, 9.17) is 0 Å². The van der Waals surface area contributed by atoms with Gasteiger partial charge in [-0.1, -0.05) is 43.4 Å². The second kappa shape index (κ2) is 8.45. The van der Waals surface area contributed by atoms with Gasteiger partial charge in [0.1, 0.15) is 0 Å². The van der Waals surface area contributed by atoms with E-state index in [9.17, 15) is 17.6 Å². The second-order valence-corrected chi connectivity index (χ2v) is 7.64. The monoisotopic (exact) mass is 378 g/mol. The van der Waals surface area contributed by atoms with Crippen molar-refractivity contribution >= 4 is 6.08 Å². The number of alkyl halides is 2. The van der Waals surface area contributed by atoms with E-state index in [0.717, 1.165) is 25.7 Å². The first-order chi connectivity index (χ1) is 12.9. The van der Waals surface area contributed by atoms with Crippen LogP contribution in [0.2, 0.25) is 0 Å². The molecular weight excluding hydrogens is 352 g/mol. The molecule has 0 radical (unpaired) electrons. The lowest BCUT2D eigenvalue weighted by molar-refractivity contribution is 0.195. The fraction of sp³-hybridized carbons (Fsp3) is 0.478. The quantitative estimate of drug-likeness (QED) is 0.493. The van der Waals surface area contributed by atoms with Crippen LogP contribution in [0, 0.1) is 30.4 Å². The van der Waals surface area contributed by atoms with E-state index in [1.165, 1.54) is 6.92 Å². The van der Waals surface area contributed by atoms with Gasteiger partial charge in [0.15, 0.2) is 24.0 Å². The van der Waals surface area contributed by atoms with Crippen molar-refractivity contribution in [1.82, 2.24) is 0 Å². The number of rotatable bonds is 4. The molecule has 3 rings (SSSR count). The van der Waals surface area contributed by atoms with Crippen LogP contribution in [0.5, 0.6) is 0 Å². The third kappa shape index (κ3) is 4.20. The normalized spacial score (nSPS) is 29.0. The number of halogens is 4. The fourth-order valence-corrected chi connectivity index (χ4v) is 4.09. The molecule has 1 saturated carbocycles. The summed E-state index contributed by atoms with van der Waals surface area (Å²) in [4.78, 5) is 0. The van der Waals surface area contributed by atoms with Gasteiger partial charge in [0.25, 0.3) is 0 Å². The van der Waals surface area contributed by atoms with E-state index in [0.29, 0.717) is 17.6 Å². The molecule has 0 saturated heterocycles. The summed E-state index contributed by atoms with van der Waals surface area (Å²) in [5.41, 5.74) is 1.64. The Balaban J connectivity index is 1.62. The molecule has 1 aromatic rings. The second-order valence-electron chi connectivity index (χ2n) is 7.64. The standard InChI is InChI=1S/C23H26F4/c1-3-16-12-13-19(23(27)21(16)25)17-9-5-15(6-10-17)7-11-18-8-4-14(2)20(24)22(18)26/h4,7-8,11-13,15,17,21,23H,3,5-6,9-10H2,1-2H3/b11-7+. The first-order valence-corrected chi connectivity index (χ1v) is 9.73. The zero-order valence-corrected chi connectivity index (χ0v) is 15.8. The van der Waals surface area contributed by atoms with Gasteiger partial charge in [-0.15, -0.1) is 0 Å². The van der Waals surface area contributed by atoms with Gasteiger partial charge in [0.2, 0.25) is 0 Å². The zero-order chi connectivity index (χ0) is 19.6. The molecule has 0 N–H and O–H groups in total. The summed E-state index contributed by atoms with van der Waals surface area (Å²) < 4.78 is 56.2. The van der Waals surface area contributed by atoms with E-state index in [1.54, 1.807) is 30.4 Å². The average molecular weight is 378 g/mol. The lowest BCUT2D eigenvalue weighted by Crippen LogP contribution is -2.30. The predicted molar refractivity (Wildman–Crippen MR) is 102 cm³/mol. The number of aryl methyl sites for hydroxylation is 1. The van der Waals surface area contributed by atoms with E-state index < -0.39 is 24.0 Å². The highest BCUT2D eigenvalue weighted by atomic mass is 19.2. The van der Waals surface area contributed by atoms with E-state index in [1.807, 2.05) is 13.0 Å². The summed E-state index contributed by atoms with van der Waals surface area (Å²) >= 11 is 0. The molecule has 0 aliphatic heterocycles. The summed E-state index contributed by atoms with van der Waals surface area (Å²) in [5.74, 6) is -1.32. The Morgan fingerprint density at radius 2 is 1.67 bits per heavy atom. The summed E-state index contributed by atoms with van der Waals surface area (Å²) in [5, 5.41) is 0. The van der Waals surface area contributed by atoms with Crippen LogP contribution in [0.15, 0.2) is 41.5 Å². The molecule has 4 heteroatoms. The Morgan fingerprint density at radius 1 is 0.963 bits per heavy atom. The fourth-order valence-electron chi connectivity index (χ4n) is 4.09. The summed E-state index contributed by atoms with van der Waals surface area (Å²) in [6, 6.07) is 3.15. The molecule has 0 aromatic heterocycles. The molecule has 0 heterocycles. The Bertz CT molecular complexity index is 767. The molecule has 0 bridgehead atoms. The van der Waals surface area contributed by atoms with Crippen LogP contribution in [-0.2, 0) is 0 Å². The number of hydrogen-bond donors (Lipinski definition) is 0. The molecule has 2 aliphatic carbocycles. The molecule has 0 nitrogen and oxygen atoms in total. The van der Waals surface area contributed by atoms with Crippen molar-refractivity contribution in [3.8, 4) is 0 Å². The smallest absolute Gasteiger partial charge is 0.166 e. The van der Waals surface area contributed by atoms with Gasteiger partial charge in [-0.3, -0.25) is 0 Å². The zero-order valence-electron chi connectivity index (χ0n) is 15.8. The van der Waals surface area contributed by atoms with Crippen LogP contribution < -0.4 is 0 Å². The van der Waals surface area contributed by atoms with Gasteiger partial charge in [0, 0.05) is 5.56 Å². The predicted octanol–water partition coefficient (Wildman–Crippen LogP) is 7.05. The van der Waals surface area contributed by atoms with Gasteiger partial charge in [-0.2, -0.15) is 0 Å². The molecule has 146 valence electrons. The van der Waals surface area contributed by atoms with Crippen molar-refractivity contribution in [2.45, 2.75) is 58.3 Å². The third-order valence-corrected chi connectivity index (χ3v) is 5.92. The first-order valence-electron chi connectivity index (χ1n) is 9.73. The summed E-state index contributed by atoms with van der Waals surface area (Å²) in [7, 11) is 0. The van der Waals surface area contributed by atoms with Crippen LogP contribution in [0.3, 0.4) is 0 Å². The van der Waals surface area contributed by atoms with Crippen molar-refractivity contribution < 1.29 is 17.6 Å². The Hall–Kier alpha value is -1.84. The van der Waals surface area contributed by atoms with Crippen molar-refractivity contribution in [3.05, 3.63) is 64.3 Å². The Kier molecular flexibility index (Phi) is 6.23. The van der Waals surface area contributed by atoms with Crippen LogP contribution in [0.1, 0.15) is 50.2 Å². The van der Waals surface area contributed by atoms with E-state index in [-0.39, 0.29) is 23.0 Å². The van der Waals surface area contributed by atoms with Crippen LogP contribution >= 0.6 is 0 Å². The van der Waals surface area contributed by atoms with Crippen LogP contribution in [0.25, 0.3) is 6.08 Å². The van der Waals surface area contributed by atoms with Gasteiger partial charge in [0.05, 0.1) is 0 Å². The average Bonchev–Trinajstić information content (AvgIpc) is 2.68. The number of hydrogen-bond acceptors (Lipinski definition) is 0. The summed E-state index contributed by atoms with van der Waals surface area (Å²) in [6.45, 7) is 3.37. The number of allylic oxidation sites excluding steroid dienone is 5. The lowest BCUT2D eigenvalue weighted by Gasteiger charge is -2.33. The van der Waals surface area contributed by atoms with Gasteiger partial charge in [-0.05, 0) is 67.6 Å². The molecule has 0 amide bonds. The lowest BCUT2D eigenvalue weighted by atomic mass is 9.75. The SMILES string of the molecule is CCC1=CC=C(C2CCC(/C=C/c3ccc(C)c(F)c3F)CC2)C(F)C1F. The molecule has 2 aliphatic rings. The maximum absolute atomic E-state index is 14.5. The minimum atomic E-state index is -1.54. The van der Waals surface area contributed by atoms with Crippen LogP contribution in [0.4, 0.5) is 17.6 Å². The topological polar surface area (TPSA) is 0 Å². The molecule has 1 aromatic carbocycles. The highest BCUT2D eigenvalue weighted by Crippen LogP contribution is 2.40. The largest absolute Gasteiger partial charge is 0.239 e. The van der Waals surface area contributed by atoms with Crippen molar-refractivity contribution in [1.29, 1.82) is 0 Å². The van der Waals surface area contributed by atoms with Gasteiger partial charge < -0.3 is 0 Å². The maximum Gasteiger partial charge on any atom is 0.166 e. The summed E-state index contributed by atoms with van der Waals surface area (Å²) in [6.07, 6.45) is 7.76. The molecule has 0 spiro atoms. The molecule has 2 unspecified atom stereocenters. The highest BCUT2D eigenvalue weighted by molar-refractivity contribution is 5.51. The Labute approximate surface area is 158 Å². The van der Waals surface area contributed by atoms with Gasteiger partial charge in [-0.25, -0.2) is 17.6 Å². The van der Waals surface area contributed by atoms with E-state index >= 15 is 0 Å². The molecule has 2 atom stereocenters. The van der Waals surface area contributed by atoms with Crippen molar-refractivity contribution in [3.63, 3.8) is 0 Å². The van der Waals surface area contributed by atoms with Gasteiger partial charge >= 0.3 is 0 Å². The Morgan fingerprint density at radius 3 is 2.33 bits per heavy atom. The minimum Gasteiger partial charge on any atom is -0.239 e. The molecule has 27 heavy (non-hydrogen) atoms. The van der Waals surface area contributed by atoms with Crippen molar-refractivity contribution in [2.24, 2.45) is 11.8 Å².